The van der Waals surface area contributed by atoms with Crippen molar-refractivity contribution in [3.63, 3.8) is 0 Å². The number of rotatable bonds is 3. The number of pyridine rings is 1. The second-order valence-corrected chi connectivity index (χ2v) is 7.00. The zero-order valence-corrected chi connectivity index (χ0v) is 13.4. The van der Waals surface area contributed by atoms with E-state index in [1.807, 2.05) is 0 Å². The maximum absolute atomic E-state index is 13.1. The van der Waals surface area contributed by atoms with E-state index in [4.69, 9.17) is 11.6 Å². The quantitative estimate of drug-likeness (QED) is 0.617. The highest BCUT2D eigenvalue weighted by atomic mass is 35.5. The SMILES string of the molecule is COC(=O)C(C)(C)Sc1cc(Cl)c(C(F)(F)F)n2ccnc12. The van der Waals surface area contributed by atoms with E-state index in [0.29, 0.717) is 4.90 Å². The van der Waals surface area contributed by atoms with E-state index in [-0.39, 0.29) is 5.65 Å². The monoisotopic (exact) mass is 352 g/mol. The average Bonchev–Trinajstić information content (AvgIpc) is 2.84. The Balaban J connectivity index is 2.59. The van der Waals surface area contributed by atoms with Gasteiger partial charge in [0.05, 0.1) is 17.0 Å². The molecule has 0 spiro atoms. The number of methoxy groups -OCH3 is 1. The molecular formula is C13H12ClF3N2O2S. The summed E-state index contributed by atoms with van der Waals surface area (Å²) in [5.74, 6) is -0.502. The number of halogens is 4. The number of alkyl halides is 3. The molecule has 0 aliphatic heterocycles. The third-order valence-electron chi connectivity index (χ3n) is 2.90. The first-order valence-electron chi connectivity index (χ1n) is 6.08. The highest BCUT2D eigenvalue weighted by Crippen LogP contribution is 2.41. The minimum absolute atomic E-state index is 0.0821. The molecule has 0 aromatic carbocycles. The van der Waals surface area contributed by atoms with Crippen LogP contribution in [0.15, 0.2) is 23.4 Å². The molecule has 9 heteroatoms. The van der Waals surface area contributed by atoms with Crippen LogP contribution in [-0.2, 0) is 15.7 Å². The van der Waals surface area contributed by atoms with Crippen LogP contribution in [-0.4, -0.2) is 27.2 Å². The molecule has 0 aliphatic carbocycles. The second-order valence-electron chi connectivity index (χ2n) is 4.93. The standard InChI is InChI=1S/C13H12ClF3N2O2S/c1-12(2,11(20)21-3)22-8-6-7(14)9(13(15,16)17)19-5-4-18-10(8)19/h4-6H,1-3H3. The number of hydrogen-bond donors (Lipinski definition) is 0. The van der Waals surface area contributed by atoms with E-state index >= 15 is 0 Å². The lowest BCUT2D eigenvalue weighted by Crippen LogP contribution is -2.29. The van der Waals surface area contributed by atoms with Crippen LogP contribution in [0.25, 0.3) is 5.65 Å². The van der Waals surface area contributed by atoms with Crippen LogP contribution < -0.4 is 0 Å². The highest BCUT2D eigenvalue weighted by Gasteiger charge is 2.38. The van der Waals surface area contributed by atoms with Gasteiger partial charge in [0.15, 0.2) is 5.65 Å². The second kappa shape index (κ2) is 5.66. The summed E-state index contributed by atoms with van der Waals surface area (Å²) in [5, 5.41) is -0.457. The van der Waals surface area contributed by atoms with Gasteiger partial charge in [-0.1, -0.05) is 11.6 Å². The lowest BCUT2D eigenvalue weighted by molar-refractivity contribution is -0.143. The smallest absolute Gasteiger partial charge is 0.433 e. The highest BCUT2D eigenvalue weighted by molar-refractivity contribution is 8.01. The van der Waals surface area contributed by atoms with E-state index in [0.717, 1.165) is 16.2 Å². The first-order valence-corrected chi connectivity index (χ1v) is 7.27. The first-order chi connectivity index (χ1) is 10.1. The first kappa shape index (κ1) is 17.0. The van der Waals surface area contributed by atoms with Gasteiger partial charge in [0.1, 0.15) is 10.4 Å². The third-order valence-corrected chi connectivity index (χ3v) is 4.38. The van der Waals surface area contributed by atoms with Crippen LogP contribution >= 0.6 is 23.4 Å². The van der Waals surface area contributed by atoms with E-state index in [9.17, 15) is 18.0 Å². The van der Waals surface area contributed by atoms with Gasteiger partial charge in [-0.2, -0.15) is 13.2 Å². The summed E-state index contributed by atoms with van der Waals surface area (Å²) in [4.78, 5) is 16.0. The van der Waals surface area contributed by atoms with Gasteiger partial charge in [0.2, 0.25) is 0 Å². The van der Waals surface area contributed by atoms with Gasteiger partial charge >= 0.3 is 12.1 Å². The van der Waals surface area contributed by atoms with Gasteiger partial charge in [0, 0.05) is 12.4 Å². The van der Waals surface area contributed by atoms with Crippen LogP contribution in [0.5, 0.6) is 0 Å². The summed E-state index contributed by atoms with van der Waals surface area (Å²) in [7, 11) is 1.25. The fraction of sp³-hybridized carbons (Fsp3) is 0.385. The van der Waals surface area contributed by atoms with Gasteiger partial charge in [0.25, 0.3) is 0 Å². The van der Waals surface area contributed by atoms with Crippen molar-refractivity contribution in [3.05, 3.63) is 29.2 Å². The van der Waals surface area contributed by atoms with E-state index in [1.54, 1.807) is 13.8 Å². The molecule has 0 fully saturated rings. The molecule has 2 aromatic heterocycles. The number of hydrogen-bond acceptors (Lipinski definition) is 4. The molecule has 22 heavy (non-hydrogen) atoms. The minimum Gasteiger partial charge on any atom is -0.468 e. The Morgan fingerprint density at radius 3 is 2.59 bits per heavy atom. The van der Waals surface area contributed by atoms with E-state index in [1.165, 1.54) is 25.6 Å². The van der Waals surface area contributed by atoms with E-state index < -0.39 is 27.6 Å². The minimum atomic E-state index is -4.61. The van der Waals surface area contributed by atoms with Crippen molar-refractivity contribution in [3.8, 4) is 0 Å². The molecule has 2 aromatic rings. The Morgan fingerprint density at radius 2 is 2.05 bits per heavy atom. The van der Waals surface area contributed by atoms with Crippen LogP contribution in [0.2, 0.25) is 5.02 Å². The zero-order chi connectivity index (χ0) is 16.7. The lowest BCUT2D eigenvalue weighted by Gasteiger charge is -2.22. The molecule has 4 nitrogen and oxygen atoms in total. The summed E-state index contributed by atoms with van der Waals surface area (Å²) in [6, 6.07) is 1.17. The molecule has 120 valence electrons. The number of ether oxygens (including phenoxy) is 1. The maximum atomic E-state index is 13.1. The Bertz CT molecular complexity index is 728. The topological polar surface area (TPSA) is 43.6 Å². The number of esters is 1. The third kappa shape index (κ3) is 3.03. The number of imidazole rings is 1. The fourth-order valence-electron chi connectivity index (χ4n) is 1.94. The Kier molecular flexibility index (Phi) is 4.36. The van der Waals surface area contributed by atoms with Gasteiger partial charge < -0.3 is 4.74 Å². The molecule has 0 N–H and O–H groups in total. The van der Waals surface area contributed by atoms with Gasteiger partial charge in [-0.15, -0.1) is 11.8 Å². The summed E-state index contributed by atoms with van der Waals surface area (Å²) in [5.41, 5.74) is -0.916. The van der Waals surface area contributed by atoms with Crippen LogP contribution in [0.3, 0.4) is 0 Å². The lowest BCUT2D eigenvalue weighted by atomic mass is 10.2. The molecule has 0 saturated carbocycles. The molecular weight excluding hydrogens is 341 g/mol. The van der Waals surface area contributed by atoms with Crippen molar-refractivity contribution >= 4 is 35.0 Å². The molecule has 0 saturated heterocycles. The van der Waals surface area contributed by atoms with Crippen molar-refractivity contribution in [2.24, 2.45) is 0 Å². The average molecular weight is 353 g/mol. The van der Waals surface area contributed by atoms with Gasteiger partial charge in [-0.05, 0) is 19.9 Å². The summed E-state index contributed by atoms with van der Waals surface area (Å²) >= 11 is 6.83. The molecule has 0 amide bonds. The molecule has 2 rings (SSSR count). The Labute approximate surface area is 133 Å². The number of carbonyl (C=O) groups excluding carboxylic acids is 1. The fourth-order valence-corrected chi connectivity index (χ4v) is 3.45. The Morgan fingerprint density at radius 1 is 1.41 bits per heavy atom. The maximum Gasteiger partial charge on any atom is 0.433 e. The van der Waals surface area contributed by atoms with Crippen LogP contribution in [0.4, 0.5) is 13.2 Å². The van der Waals surface area contributed by atoms with Crippen LogP contribution in [0.1, 0.15) is 19.5 Å². The van der Waals surface area contributed by atoms with E-state index in [2.05, 4.69) is 9.72 Å². The van der Waals surface area contributed by atoms with Crippen molar-refractivity contribution in [2.45, 2.75) is 29.7 Å². The van der Waals surface area contributed by atoms with Crippen molar-refractivity contribution < 1.29 is 22.7 Å². The molecule has 2 heterocycles. The number of nitrogens with zero attached hydrogens (tertiary/aromatic N) is 2. The molecule has 0 unspecified atom stereocenters. The largest absolute Gasteiger partial charge is 0.468 e. The van der Waals surface area contributed by atoms with Gasteiger partial charge in [-0.3, -0.25) is 9.20 Å². The summed E-state index contributed by atoms with van der Waals surface area (Å²) in [6.07, 6.45) is -2.19. The van der Waals surface area contributed by atoms with Gasteiger partial charge in [-0.25, -0.2) is 4.98 Å². The zero-order valence-electron chi connectivity index (χ0n) is 11.9. The number of carbonyl (C=O) groups is 1. The molecule has 0 bridgehead atoms. The van der Waals surface area contributed by atoms with Crippen molar-refractivity contribution in [1.82, 2.24) is 9.38 Å². The van der Waals surface area contributed by atoms with Crippen molar-refractivity contribution in [2.75, 3.05) is 7.11 Å². The predicted molar refractivity (Wildman–Crippen MR) is 77.2 cm³/mol. The summed E-state index contributed by atoms with van der Waals surface area (Å²) < 4.78 is 43.9. The Hall–Kier alpha value is -1.41. The number of thioether (sulfide) groups is 1. The summed E-state index contributed by atoms with van der Waals surface area (Å²) in [6.45, 7) is 3.21. The van der Waals surface area contributed by atoms with Crippen LogP contribution in [0, 0.1) is 0 Å². The van der Waals surface area contributed by atoms with Crippen molar-refractivity contribution in [1.29, 1.82) is 0 Å². The number of aromatic nitrogens is 2. The number of fused-ring (bicyclic) bond motifs is 1. The molecule has 0 aliphatic rings. The normalized spacial score (nSPS) is 12.7. The molecule has 0 atom stereocenters. The predicted octanol–water partition coefficient (Wildman–Crippen LogP) is 4.05. The molecule has 0 radical (unpaired) electrons.